The fourth-order valence-corrected chi connectivity index (χ4v) is 3.94. The lowest BCUT2D eigenvalue weighted by atomic mass is 10.1. The van der Waals surface area contributed by atoms with Crippen molar-refractivity contribution in [3.8, 4) is 0 Å². The van der Waals surface area contributed by atoms with Crippen molar-refractivity contribution in [3.05, 3.63) is 35.6 Å². The van der Waals surface area contributed by atoms with Crippen LogP contribution in [0.1, 0.15) is 31.7 Å². The van der Waals surface area contributed by atoms with E-state index in [9.17, 15) is 17.6 Å². The molecule has 2 rings (SSSR count). The summed E-state index contributed by atoms with van der Waals surface area (Å²) in [5.41, 5.74) is 0.877. The van der Waals surface area contributed by atoms with Gasteiger partial charge in [0.25, 0.3) is 0 Å². The lowest BCUT2D eigenvalue weighted by Gasteiger charge is -2.27. The summed E-state index contributed by atoms with van der Waals surface area (Å²) in [6, 6.07) is 5.71. The van der Waals surface area contributed by atoms with Crippen LogP contribution in [0.15, 0.2) is 24.3 Å². The van der Waals surface area contributed by atoms with Gasteiger partial charge < -0.3 is 10.2 Å². The maximum Gasteiger partial charge on any atom is 0.317 e. The average Bonchev–Trinajstić information content (AvgIpc) is 3.16. The Bertz CT molecular complexity index is 678. The number of nitrogens with zero attached hydrogens (tertiary/aromatic N) is 1. The van der Waals surface area contributed by atoms with E-state index < -0.39 is 9.84 Å². The van der Waals surface area contributed by atoms with Crippen molar-refractivity contribution in [1.82, 2.24) is 10.2 Å². The van der Waals surface area contributed by atoms with Gasteiger partial charge in [-0.2, -0.15) is 0 Å². The van der Waals surface area contributed by atoms with Gasteiger partial charge in [-0.1, -0.05) is 12.1 Å². The highest BCUT2D eigenvalue weighted by Gasteiger charge is 2.40. The van der Waals surface area contributed by atoms with Gasteiger partial charge in [-0.15, -0.1) is 0 Å². The molecule has 0 aromatic heterocycles. The molecule has 1 aromatic rings. The summed E-state index contributed by atoms with van der Waals surface area (Å²) < 4.78 is 36.0. The maximum atomic E-state index is 13.2. The van der Waals surface area contributed by atoms with Crippen LogP contribution in [-0.2, 0) is 9.84 Å². The minimum Gasteiger partial charge on any atom is -0.335 e. The quantitative estimate of drug-likeness (QED) is 0.861. The molecule has 0 bridgehead atoms. The molecule has 1 N–H and O–H groups in total. The van der Waals surface area contributed by atoms with Gasteiger partial charge in [0.05, 0.1) is 5.75 Å². The van der Waals surface area contributed by atoms with Gasteiger partial charge in [0.2, 0.25) is 0 Å². The molecule has 0 saturated heterocycles. The Morgan fingerprint density at radius 3 is 2.74 bits per heavy atom. The van der Waals surface area contributed by atoms with Gasteiger partial charge in [0.15, 0.2) is 0 Å². The second kappa shape index (κ2) is 6.86. The Balaban J connectivity index is 1.94. The largest absolute Gasteiger partial charge is 0.335 e. The second-order valence-corrected chi connectivity index (χ2v) is 8.37. The number of benzene rings is 1. The summed E-state index contributed by atoms with van der Waals surface area (Å²) in [7, 11) is -3.15. The number of carbonyl (C=O) groups is 1. The molecule has 0 aliphatic heterocycles. The zero-order chi connectivity index (χ0) is 17.2. The molecule has 0 unspecified atom stereocenters. The van der Waals surface area contributed by atoms with Gasteiger partial charge in [0.1, 0.15) is 15.7 Å². The van der Waals surface area contributed by atoms with Crippen molar-refractivity contribution in [1.29, 1.82) is 0 Å². The van der Waals surface area contributed by atoms with Crippen LogP contribution in [-0.4, -0.2) is 50.0 Å². The fourth-order valence-electron chi connectivity index (χ4n) is 2.89. The summed E-state index contributed by atoms with van der Waals surface area (Å²) in [4.78, 5) is 13.9. The Morgan fingerprint density at radius 1 is 1.48 bits per heavy atom. The molecule has 1 aliphatic carbocycles. The number of halogens is 1. The maximum absolute atomic E-state index is 13.2. The predicted molar refractivity (Wildman–Crippen MR) is 87.6 cm³/mol. The molecule has 0 heterocycles. The van der Waals surface area contributed by atoms with E-state index in [-0.39, 0.29) is 35.6 Å². The lowest BCUT2D eigenvalue weighted by molar-refractivity contribution is 0.187. The first-order valence-electron chi connectivity index (χ1n) is 7.71. The number of hydrogen-bond donors (Lipinski definition) is 1. The van der Waals surface area contributed by atoms with Crippen LogP contribution in [0.25, 0.3) is 0 Å². The van der Waals surface area contributed by atoms with Crippen LogP contribution in [0.5, 0.6) is 0 Å². The second-order valence-electron chi connectivity index (χ2n) is 6.18. The van der Waals surface area contributed by atoms with Crippen molar-refractivity contribution in [2.75, 3.05) is 18.6 Å². The standard InChI is InChI=1S/C16H23FN2O3S/c1-4-19(11(2)10-23(3,21)22)16(20)18-15-9-14(15)12-6-5-7-13(17)8-12/h5-8,11,14-15H,4,9-10H2,1-3H3,(H,18,20)/t11-,14+,15-/m1/s1. The highest BCUT2D eigenvalue weighted by Crippen LogP contribution is 2.41. The zero-order valence-electron chi connectivity index (χ0n) is 13.6. The Hall–Kier alpha value is -1.63. The van der Waals surface area contributed by atoms with E-state index in [1.54, 1.807) is 13.0 Å². The minimum absolute atomic E-state index is 0.0243. The third kappa shape index (κ3) is 4.92. The van der Waals surface area contributed by atoms with Gasteiger partial charge >= 0.3 is 6.03 Å². The molecule has 1 fully saturated rings. The monoisotopic (exact) mass is 342 g/mol. The number of nitrogens with one attached hydrogen (secondary N) is 1. The smallest absolute Gasteiger partial charge is 0.317 e. The molecule has 128 valence electrons. The van der Waals surface area contributed by atoms with Crippen molar-refractivity contribution in [3.63, 3.8) is 0 Å². The first-order valence-corrected chi connectivity index (χ1v) is 9.77. The third-order valence-corrected chi connectivity index (χ3v) is 5.14. The molecular formula is C16H23FN2O3S. The van der Waals surface area contributed by atoms with Crippen LogP contribution in [0.4, 0.5) is 9.18 Å². The summed E-state index contributed by atoms with van der Waals surface area (Å²) in [5, 5.41) is 2.91. The fraction of sp³-hybridized carbons (Fsp3) is 0.562. The average molecular weight is 342 g/mol. The molecular weight excluding hydrogens is 319 g/mol. The van der Waals surface area contributed by atoms with E-state index in [0.717, 1.165) is 18.2 Å². The molecule has 3 atom stereocenters. The number of rotatable bonds is 6. The predicted octanol–water partition coefficient (Wildman–Crippen LogP) is 2.15. The van der Waals surface area contributed by atoms with Gasteiger partial charge in [-0.05, 0) is 38.0 Å². The van der Waals surface area contributed by atoms with Crippen LogP contribution in [0.3, 0.4) is 0 Å². The first-order chi connectivity index (χ1) is 10.7. The molecule has 7 heteroatoms. The molecule has 1 saturated carbocycles. The van der Waals surface area contributed by atoms with Gasteiger partial charge in [0, 0.05) is 30.8 Å². The number of hydrogen-bond acceptors (Lipinski definition) is 3. The lowest BCUT2D eigenvalue weighted by Crippen LogP contribution is -2.48. The van der Waals surface area contributed by atoms with E-state index in [1.807, 2.05) is 13.0 Å². The first kappa shape index (κ1) is 17.7. The van der Waals surface area contributed by atoms with Crippen molar-refractivity contribution >= 4 is 15.9 Å². The molecule has 0 radical (unpaired) electrons. The van der Waals surface area contributed by atoms with Crippen LogP contribution in [0.2, 0.25) is 0 Å². The van der Waals surface area contributed by atoms with Crippen LogP contribution < -0.4 is 5.32 Å². The molecule has 2 amide bonds. The number of carbonyl (C=O) groups excluding carboxylic acids is 1. The van der Waals surface area contributed by atoms with Crippen molar-refractivity contribution in [2.24, 2.45) is 0 Å². The SMILES string of the molecule is CCN(C(=O)N[C@@H]1C[C@H]1c1cccc(F)c1)[C@H](C)CS(C)(=O)=O. The Morgan fingerprint density at radius 2 is 2.17 bits per heavy atom. The summed E-state index contributed by atoms with van der Waals surface area (Å²) >= 11 is 0. The van der Waals surface area contributed by atoms with E-state index in [2.05, 4.69) is 5.32 Å². The van der Waals surface area contributed by atoms with Gasteiger partial charge in [-0.25, -0.2) is 17.6 Å². The molecule has 5 nitrogen and oxygen atoms in total. The Kier molecular flexibility index (Phi) is 5.29. The van der Waals surface area contributed by atoms with Crippen molar-refractivity contribution in [2.45, 2.75) is 38.3 Å². The normalized spacial score (nSPS) is 21.6. The van der Waals surface area contributed by atoms with E-state index in [1.165, 1.54) is 17.0 Å². The molecule has 23 heavy (non-hydrogen) atoms. The molecule has 1 aromatic carbocycles. The Labute approximate surface area is 136 Å². The van der Waals surface area contributed by atoms with Gasteiger partial charge in [-0.3, -0.25) is 0 Å². The number of urea groups is 1. The topological polar surface area (TPSA) is 66.5 Å². The van der Waals surface area contributed by atoms with Crippen molar-refractivity contribution < 1.29 is 17.6 Å². The molecule has 0 spiro atoms. The van der Waals surface area contributed by atoms with E-state index in [4.69, 9.17) is 0 Å². The minimum atomic E-state index is -3.15. The summed E-state index contributed by atoms with van der Waals surface area (Å²) in [5.74, 6) is -0.221. The highest BCUT2D eigenvalue weighted by atomic mass is 32.2. The summed E-state index contributed by atoms with van der Waals surface area (Å²) in [6.07, 6.45) is 1.93. The number of sulfone groups is 1. The third-order valence-electron chi connectivity index (χ3n) is 4.05. The van der Waals surface area contributed by atoms with Crippen LogP contribution >= 0.6 is 0 Å². The molecule has 1 aliphatic rings. The summed E-state index contributed by atoms with van der Waals surface area (Å²) in [6.45, 7) is 3.97. The van der Waals surface area contributed by atoms with Crippen LogP contribution in [0, 0.1) is 5.82 Å². The van der Waals surface area contributed by atoms with E-state index in [0.29, 0.717) is 6.54 Å². The number of amides is 2. The zero-order valence-corrected chi connectivity index (χ0v) is 14.4. The highest BCUT2D eigenvalue weighted by molar-refractivity contribution is 7.90. The van der Waals surface area contributed by atoms with E-state index >= 15 is 0 Å².